The molecule has 0 radical (unpaired) electrons. The van der Waals surface area contributed by atoms with Crippen molar-refractivity contribution in [3.05, 3.63) is 34.9 Å². The highest BCUT2D eigenvalue weighted by Crippen LogP contribution is 2.48. The maximum absolute atomic E-state index is 13.8. The van der Waals surface area contributed by atoms with Gasteiger partial charge >= 0.3 is 0 Å². The number of imide groups is 1. The number of alkyl halides is 2. The molecular weight excluding hydrogens is 370 g/mol. The van der Waals surface area contributed by atoms with Gasteiger partial charge in [0.15, 0.2) is 0 Å². The molecule has 2 saturated heterocycles. The average molecular weight is 390 g/mol. The number of rotatable bonds is 3. The highest BCUT2D eigenvalue weighted by molar-refractivity contribution is 6.05. The maximum Gasteiger partial charge on any atom is 0.281 e. The number of hydrogen-bond donors (Lipinski definition) is 2. The summed E-state index contributed by atoms with van der Waals surface area (Å²) in [6.45, 7) is 1.77. The van der Waals surface area contributed by atoms with Crippen molar-refractivity contribution in [2.24, 2.45) is 0 Å². The minimum Gasteiger partial charge on any atom is -0.322 e. The van der Waals surface area contributed by atoms with Gasteiger partial charge in [-0.2, -0.15) is 0 Å². The molecule has 1 aromatic carbocycles. The summed E-state index contributed by atoms with van der Waals surface area (Å²) in [5.41, 5.74) is 2.20. The molecule has 4 aliphatic rings. The summed E-state index contributed by atoms with van der Waals surface area (Å²) < 4.78 is 27.7. The van der Waals surface area contributed by atoms with Crippen molar-refractivity contribution in [3.63, 3.8) is 0 Å². The summed E-state index contributed by atoms with van der Waals surface area (Å²) >= 11 is 0. The van der Waals surface area contributed by atoms with Crippen LogP contribution in [-0.4, -0.2) is 64.7 Å². The topological polar surface area (TPSA) is 81.8 Å². The van der Waals surface area contributed by atoms with Gasteiger partial charge in [0.1, 0.15) is 6.04 Å². The SMILES string of the molecule is O=C1CCC(N2Cc3cc(CN4CCNC5C4C5(F)F)ccc3C2=O)C(=O)N1. The zero-order valence-corrected chi connectivity index (χ0v) is 15.1. The lowest BCUT2D eigenvalue weighted by Crippen LogP contribution is -2.52. The Labute approximate surface area is 160 Å². The van der Waals surface area contributed by atoms with Gasteiger partial charge in [-0.25, -0.2) is 8.78 Å². The number of hydrogen-bond acceptors (Lipinski definition) is 5. The summed E-state index contributed by atoms with van der Waals surface area (Å²) in [4.78, 5) is 39.4. The highest BCUT2D eigenvalue weighted by atomic mass is 19.3. The third-order valence-electron chi connectivity index (χ3n) is 6.15. The zero-order chi connectivity index (χ0) is 19.6. The van der Waals surface area contributed by atoms with E-state index in [1.165, 1.54) is 4.90 Å². The van der Waals surface area contributed by atoms with E-state index in [0.717, 1.165) is 11.1 Å². The molecule has 1 saturated carbocycles. The van der Waals surface area contributed by atoms with Crippen molar-refractivity contribution < 1.29 is 23.2 Å². The van der Waals surface area contributed by atoms with Crippen molar-refractivity contribution in [3.8, 4) is 0 Å². The van der Waals surface area contributed by atoms with Crippen LogP contribution in [0.5, 0.6) is 0 Å². The Hall–Kier alpha value is -2.39. The van der Waals surface area contributed by atoms with E-state index in [4.69, 9.17) is 0 Å². The van der Waals surface area contributed by atoms with E-state index in [1.54, 1.807) is 17.0 Å². The number of carbonyl (C=O) groups is 3. The van der Waals surface area contributed by atoms with E-state index in [1.807, 2.05) is 6.07 Å². The van der Waals surface area contributed by atoms with Gasteiger partial charge in [-0.15, -0.1) is 0 Å². The molecule has 3 fully saturated rings. The van der Waals surface area contributed by atoms with Crippen LogP contribution in [0.2, 0.25) is 0 Å². The normalized spacial score (nSPS) is 31.4. The highest BCUT2D eigenvalue weighted by Gasteiger charge is 2.71. The van der Waals surface area contributed by atoms with Crippen molar-refractivity contribution in [1.29, 1.82) is 0 Å². The number of nitrogens with zero attached hydrogens (tertiary/aromatic N) is 2. The van der Waals surface area contributed by atoms with E-state index in [-0.39, 0.29) is 24.8 Å². The van der Waals surface area contributed by atoms with Crippen molar-refractivity contribution in [1.82, 2.24) is 20.4 Å². The predicted molar refractivity (Wildman–Crippen MR) is 93.4 cm³/mol. The lowest BCUT2D eigenvalue weighted by molar-refractivity contribution is -0.136. The molecule has 0 spiro atoms. The Balaban J connectivity index is 1.32. The first-order chi connectivity index (χ1) is 13.4. The standard InChI is InChI=1S/C19H20F2N4O3/c20-19(21)15-16(19)24(6-5-22-15)8-10-1-2-12-11(7-10)9-25(18(12)28)13-3-4-14(26)23-17(13)27/h1-2,7,13,15-16,22H,3-6,8-9H2,(H,23,26,27). The van der Waals surface area contributed by atoms with Gasteiger partial charge in [-0.1, -0.05) is 12.1 Å². The van der Waals surface area contributed by atoms with Crippen LogP contribution in [0.15, 0.2) is 18.2 Å². The second-order valence-corrected chi connectivity index (χ2v) is 7.91. The number of carbonyl (C=O) groups excluding carboxylic acids is 3. The minimum absolute atomic E-state index is 0.210. The third kappa shape index (κ3) is 2.64. The first-order valence-corrected chi connectivity index (χ1v) is 9.48. The summed E-state index contributed by atoms with van der Waals surface area (Å²) in [6, 6.07) is 3.19. The second kappa shape index (κ2) is 6.05. The van der Waals surface area contributed by atoms with E-state index >= 15 is 0 Å². The van der Waals surface area contributed by atoms with Crippen LogP contribution in [0.25, 0.3) is 0 Å². The van der Waals surface area contributed by atoms with Crippen LogP contribution in [0.4, 0.5) is 8.78 Å². The molecule has 5 rings (SSSR count). The van der Waals surface area contributed by atoms with Crippen LogP contribution in [0.3, 0.4) is 0 Å². The number of piperidine rings is 1. The smallest absolute Gasteiger partial charge is 0.281 e. The number of fused-ring (bicyclic) bond motifs is 2. The first-order valence-electron chi connectivity index (χ1n) is 9.48. The Kier molecular flexibility index (Phi) is 3.82. The predicted octanol–water partition coefficient (Wildman–Crippen LogP) is 0.239. The number of halogens is 2. The van der Waals surface area contributed by atoms with Gasteiger partial charge in [0.2, 0.25) is 11.8 Å². The first kappa shape index (κ1) is 17.7. The summed E-state index contributed by atoms with van der Waals surface area (Å²) in [5.74, 6) is -3.68. The molecule has 3 unspecified atom stereocenters. The molecule has 148 valence electrons. The molecule has 1 aliphatic carbocycles. The monoisotopic (exact) mass is 390 g/mol. The zero-order valence-electron chi connectivity index (χ0n) is 15.1. The van der Waals surface area contributed by atoms with Gasteiger partial charge in [0.05, 0.1) is 12.1 Å². The van der Waals surface area contributed by atoms with Crippen LogP contribution in [-0.2, 0) is 22.7 Å². The molecule has 9 heteroatoms. The van der Waals surface area contributed by atoms with Crippen LogP contribution in [0.1, 0.15) is 34.3 Å². The van der Waals surface area contributed by atoms with Gasteiger partial charge in [-0.3, -0.25) is 24.6 Å². The molecule has 2 N–H and O–H groups in total. The van der Waals surface area contributed by atoms with Crippen LogP contribution < -0.4 is 10.6 Å². The van der Waals surface area contributed by atoms with Gasteiger partial charge in [-0.05, 0) is 23.6 Å². The van der Waals surface area contributed by atoms with Crippen molar-refractivity contribution in [2.75, 3.05) is 13.1 Å². The van der Waals surface area contributed by atoms with Crippen molar-refractivity contribution in [2.45, 2.75) is 50.0 Å². The molecule has 0 aromatic heterocycles. The van der Waals surface area contributed by atoms with E-state index in [2.05, 4.69) is 10.6 Å². The maximum atomic E-state index is 13.8. The Morgan fingerprint density at radius 2 is 2.04 bits per heavy atom. The fraction of sp³-hybridized carbons (Fsp3) is 0.526. The minimum atomic E-state index is -2.69. The fourth-order valence-corrected chi connectivity index (χ4v) is 4.65. The van der Waals surface area contributed by atoms with Gasteiger partial charge < -0.3 is 10.2 Å². The third-order valence-corrected chi connectivity index (χ3v) is 6.15. The Bertz CT molecular complexity index is 890. The molecule has 3 amide bonds. The van der Waals surface area contributed by atoms with Gasteiger partial charge in [0.25, 0.3) is 11.8 Å². The lowest BCUT2D eigenvalue weighted by atomic mass is 10.0. The number of piperazine rings is 1. The summed E-state index contributed by atoms with van der Waals surface area (Å²) in [6.07, 6.45) is 0.526. The van der Waals surface area contributed by atoms with E-state index < -0.39 is 30.0 Å². The fourth-order valence-electron chi connectivity index (χ4n) is 4.65. The van der Waals surface area contributed by atoms with Crippen molar-refractivity contribution >= 4 is 17.7 Å². The Morgan fingerprint density at radius 3 is 2.82 bits per heavy atom. The molecular formula is C19H20F2N4O3. The average Bonchev–Trinajstić information content (AvgIpc) is 3.07. The molecule has 1 aromatic rings. The largest absolute Gasteiger partial charge is 0.322 e. The molecule has 3 aliphatic heterocycles. The summed E-state index contributed by atoms with van der Waals surface area (Å²) in [5, 5.41) is 5.14. The molecule has 0 bridgehead atoms. The molecule has 3 atom stereocenters. The Morgan fingerprint density at radius 1 is 1.21 bits per heavy atom. The van der Waals surface area contributed by atoms with Gasteiger partial charge in [0, 0.05) is 38.2 Å². The summed E-state index contributed by atoms with van der Waals surface area (Å²) in [7, 11) is 0. The van der Waals surface area contributed by atoms with Crippen LogP contribution in [0, 0.1) is 0 Å². The quantitative estimate of drug-likeness (QED) is 0.723. The number of amides is 3. The van der Waals surface area contributed by atoms with E-state index in [0.29, 0.717) is 31.6 Å². The van der Waals surface area contributed by atoms with E-state index in [9.17, 15) is 23.2 Å². The lowest BCUT2D eigenvalue weighted by Gasteiger charge is -2.29. The number of nitrogens with one attached hydrogen (secondary N) is 2. The van der Waals surface area contributed by atoms with Crippen LogP contribution >= 0.6 is 0 Å². The molecule has 7 nitrogen and oxygen atoms in total. The number of benzene rings is 1. The molecule has 3 heterocycles. The molecule has 28 heavy (non-hydrogen) atoms. The second-order valence-electron chi connectivity index (χ2n) is 7.91.